The van der Waals surface area contributed by atoms with E-state index in [2.05, 4.69) is 35.9 Å². The van der Waals surface area contributed by atoms with Crippen LogP contribution in [-0.2, 0) is 11.3 Å². The SMILES string of the molecule is CC(C)c1nc(CN(C)CC2CCCCO2)no1. The average Bonchev–Trinajstić information content (AvgIpc) is 2.78. The number of likely N-dealkylation sites (N-methyl/N-ethyl adjacent to an activating group) is 1. The molecule has 5 heteroatoms. The summed E-state index contributed by atoms with van der Waals surface area (Å²) in [5.41, 5.74) is 0. The molecule has 1 aliphatic rings. The lowest BCUT2D eigenvalue weighted by atomic mass is 10.1. The van der Waals surface area contributed by atoms with Crippen molar-refractivity contribution in [1.29, 1.82) is 0 Å². The summed E-state index contributed by atoms with van der Waals surface area (Å²) in [5.74, 6) is 1.77. The molecule has 1 unspecified atom stereocenters. The number of hydrogen-bond acceptors (Lipinski definition) is 5. The Morgan fingerprint density at radius 3 is 2.83 bits per heavy atom. The molecule has 0 saturated carbocycles. The van der Waals surface area contributed by atoms with Crippen molar-refractivity contribution in [3.8, 4) is 0 Å². The van der Waals surface area contributed by atoms with Gasteiger partial charge in [-0.1, -0.05) is 19.0 Å². The van der Waals surface area contributed by atoms with E-state index >= 15 is 0 Å². The summed E-state index contributed by atoms with van der Waals surface area (Å²) in [7, 11) is 2.07. The monoisotopic (exact) mass is 253 g/mol. The van der Waals surface area contributed by atoms with E-state index in [1.165, 1.54) is 12.8 Å². The van der Waals surface area contributed by atoms with Gasteiger partial charge in [0.15, 0.2) is 5.82 Å². The van der Waals surface area contributed by atoms with Crippen LogP contribution in [0.25, 0.3) is 0 Å². The van der Waals surface area contributed by atoms with E-state index in [-0.39, 0.29) is 0 Å². The van der Waals surface area contributed by atoms with E-state index in [9.17, 15) is 0 Å². The van der Waals surface area contributed by atoms with Gasteiger partial charge < -0.3 is 9.26 Å². The lowest BCUT2D eigenvalue weighted by Gasteiger charge is -2.26. The minimum atomic E-state index is 0.290. The van der Waals surface area contributed by atoms with Crippen molar-refractivity contribution in [3.05, 3.63) is 11.7 Å². The van der Waals surface area contributed by atoms with E-state index in [0.29, 0.717) is 17.9 Å². The zero-order valence-electron chi connectivity index (χ0n) is 11.6. The first-order chi connectivity index (χ1) is 8.65. The minimum absolute atomic E-state index is 0.290. The molecular formula is C13H23N3O2. The predicted octanol–water partition coefficient (Wildman–Crippen LogP) is 2.19. The van der Waals surface area contributed by atoms with Gasteiger partial charge in [-0.25, -0.2) is 0 Å². The number of rotatable bonds is 5. The van der Waals surface area contributed by atoms with Crippen molar-refractivity contribution in [2.75, 3.05) is 20.2 Å². The van der Waals surface area contributed by atoms with Gasteiger partial charge in [-0.15, -0.1) is 0 Å². The Kier molecular flexibility index (Phi) is 4.72. The highest BCUT2D eigenvalue weighted by Crippen LogP contribution is 2.15. The second-order valence-electron chi connectivity index (χ2n) is 5.39. The van der Waals surface area contributed by atoms with E-state index < -0.39 is 0 Å². The van der Waals surface area contributed by atoms with Gasteiger partial charge in [0.2, 0.25) is 5.89 Å². The molecule has 2 rings (SSSR count). The zero-order valence-corrected chi connectivity index (χ0v) is 11.6. The van der Waals surface area contributed by atoms with Crippen molar-refractivity contribution in [1.82, 2.24) is 15.0 Å². The lowest BCUT2D eigenvalue weighted by Crippen LogP contribution is -2.33. The molecule has 1 fully saturated rings. The van der Waals surface area contributed by atoms with Gasteiger partial charge >= 0.3 is 0 Å². The van der Waals surface area contributed by atoms with Crippen molar-refractivity contribution in [2.45, 2.75) is 51.7 Å². The Morgan fingerprint density at radius 1 is 1.39 bits per heavy atom. The number of aromatic nitrogens is 2. The third-order valence-electron chi connectivity index (χ3n) is 3.18. The smallest absolute Gasteiger partial charge is 0.229 e. The summed E-state index contributed by atoms with van der Waals surface area (Å²) in [5, 5.41) is 4.00. The summed E-state index contributed by atoms with van der Waals surface area (Å²) in [4.78, 5) is 6.58. The van der Waals surface area contributed by atoms with Crippen LogP contribution >= 0.6 is 0 Å². The second-order valence-corrected chi connectivity index (χ2v) is 5.39. The van der Waals surface area contributed by atoms with Crippen molar-refractivity contribution >= 4 is 0 Å². The number of ether oxygens (including phenoxy) is 1. The van der Waals surface area contributed by atoms with Crippen LogP contribution in [0.15, 0.2) is 4.52 Å². The summed E-state index contributed by atoms with van der Waals surface area (Å²) in [6.45, 7) is 6.66. The maximum absolute atomic E-state index is 5.72. The molecule has 0 spiro atoms. The van der Waals surface area contributed by atoms with Gasteiger partial charge in [-0.3, -0.25) is 4.90 Å². The van der Waals surface area contributed by atoms with Crippen LogP contribution in [0, 0.1) is 0 Å². The van der Waals surface area contributed by atoms with Gasteiger partial charge in [0, 0.05) is 19.1 Å². The van der Waals surface area contributed by atoms with Crippen molar-refractivity contribution < 1.29 is 9.26 Å². The molecule has 0 N–H and O–H groups in total. The van der Waals surface area contributed by atoms with Crippen molar-refractivity contribution in [3.63, 3.8) is 0 Å². The lowest BCUT2D eigenvalue weighted by molar-refractivity contribution is -0.00299. The van der Waals surface area contributed by atoms with E-state index in [4.69, 9.17) is 9.26 Å². The first-order valence-corrected chi connectivity index (χ1v) is 6.77. The van der Waals surface area contributed by atoms with Crippen LogP contribution in [-0.4, -0.2) is 41.3 Å². The molecule has 18 heavy (non-hydrogen) atoms. The van der Waals surface area contributed by atoms with E-state index in [1.807, 2.05) is 0 Å². The molecule has 1 aliphatic heterocycles. The maximum atomic E-state index is 5.72. The van der Waals surface area contributed by atoms with Gasteiger partial charge in [0.05, 0.1) is 12.6 Å². The second kappa shape index (κ2) is 6.29. The van der Waals surface area contributed by atoms with Gasteiger partial charge in [0.1, 0.15) is 0 Å². The Morgan fingerprint density at radius 2 is 2.22 bits per heavy atom. The maximum Gasteiger partial charge on any atom is 0.229 e. The Balaban J connectivity index is 1.80. The minimum Gasteiger partial charge on any atom is -0.377 e. The normalized spacial score (nSPS) is 20.8. The summed E-state index contributed by atoms with van der Waals surface area (Å²) < 4.78 is 10.9. The molecule has 1 aromatic heterocycles. The topological polar surface area (TPSA) is 51.4 Å². The molecule has 1 saturated heterocycles. The summed E-state index contributed by atoms with van der Waals surface area (Å²) >= 11 is 0. The zero-order chi connectivity index (χ0) is 13.0. The highest BCUT2D eigenvalue weighted by Gasteiger charge is 2.17. The fraction of sp³-hybridized carbons (Fsp3) is 0.846. The molecule has 2 heterocycles. The number of nitrogens with zero attached hydrogens (tertiary/aromatic N) is 3. The van der Waals surface area contributed by atoms with Crippen LogP contribution in [0.2, 0.25) is 0 Å². The summed E-state index contributed by atoms with van der Waals surface area (Å²) in [6.07, 6.45) is 4.00. The molecule has 0 bridgehead atoms. The third kappa shape index (κ3) is 3.78. The van der Waals surface area contributed by atoms with Crippen molar-refractivity contribution in [2.24, 2.45) is 0 Å². The fourth-order valence-corrected chi connectivity index (χ4v) is 2.17. The Bertz CT molecular complexity index is 359. The van der Waals surface area contributed by atoms with Crippen LogP contribution in [0.5, 0.6) is 0 Å². The van der Waals surface area contributed by atoms with Crippen LogP contribution in [0.1, 0.15) is 50.7 Å². The van der Waals surface area contributed by atoms with Crippen LogP contribution < -0.4 is 0 Å². The van der Waals surface area contributed by atoms with E-state index in [0.717, 1.165) is 31.9 Å². The van der Waals surface area contributed by atoms with Crippen LogP contribution in [0.4, 0.5) is 0 Å². The predicted molar refractivity (Wildman–Crippen MR) is 68.3 cm³/mol. The van der Waals surface area contributed by atoms with Crippen LogP contribution in [0.3, 0.4) is 0 Å². The molecule has 102 valence electrons. The molecule has 1 aromatic rings. The molecule has 0 aliphatic carbocycles. The average molecular weight is 253 g/mol. The number of hydrogen-bond donors (Lipinski definition) is 0. The largest absolute Gasteiger partial charge is 0.377 e. The first-order valence-electron chi connectivity index (χ1n) is 6.77. The third-order valence-corrected chi connectivity index (χ3v) is 3.18. The van der Waals surface area contributed by atoms with E-state index in [1.54, 1.807) is 0 Å². The van der Waals surface area contributed by atoms with Gasteiger partial charge in [0.25, 0.3) is 0 Å². The highest BCUT2D eigenvalue weighted by atomic mass is 16.5. The van der Waals surface area contributed by atoms with Gasteiger partial charge in [-0.05, 0) is 26.3 Å². The summed E-state index contributed by atoms with van der Waals surface area (Å²) in [6, 6.07) is 0. The molecule has 0 radical (unpaired) electrons. The Labute approximate surface area is 108 Å². The van der Waals surface area contributed by atoms with Gasteiger partial charge in [-0.2, -0.15) is 4.98 Å². The standard InChI is InChI=1S/C13H23N3O2/c1-10(2)13-14-12(15-18-13)9-16(3)8-11-6-4-5-7-17-11/h10-11H,4-9H2,1-3H3. The Hall–Kier alpha value is -0.940. The highest BCUT2D eigenvalue weighted by molar-refractivity contribution is 4.90. The molecule has 0 aromatic carbocycles. The molecule has 1 atom stereocenters. The molecule has 0 amide bonds. The quantitative estimate of drug-likeness (QED) is 0.805. The first kappa shape index (κ1) is 13.5. The molecule has 5 nitrogen and oxygen atoms in total. The molecular weight excluding hydrogens is 230 g/mol. The fourth-order valence-electron chi connectivity index (χ4n) is 2.17.